The Morgan fingerprint density at radius 1 is 1.21 bits per heavy atom. The van der Waals surface area contributed by atoms with Crippen molar-refractivity contribution in [1.82, 2.24) is 5.32 Å². The molecule has 0 saturated heterocycles. The maximum Gasteiger partial charge on any atom is 0.137 e. The lowest BCUT2D eigenvalue weighted by Crippen LogP contribution is -2.28. The van der Waals surface area contributed by atoms with E-state index in [-0.39, 0.29) is 5.82 Å². The van der Waals surface area contributed by atoms with E-state index < -0.39 is 0 Å². The molecule has 1 nitrogen and oxygen atoms in total. The van der Waals surface area contributed by atoms with Crippen molar-refractivity contribution in [3.05, 3.63) is 69.4 Å². The zero-order valence-corrected chi connectivity index (χ0v) is 12.1. The molecule has 1 aliphatic carbocycles. The lowest BCUT2D eigenvalue weighted by atomic mass is 9.77. The maximum atomic E-state index is 13.1. The first-order valence-electron chi connectivity index (χ1n) is 6.46. The number of halogens is 2. The molecule has 0 spiro atoms. The van der Waals surface area contributed by atoms with Gasteiger partial charge in [0.1, 0.15) is 5.82 Å². The summed E-state index contributed by atoms with van der Waals surface area (Å²) in [4.78, 5) is 0. The van der Waals surface area contributed by atoms with E-state index in [0.717, 1.165) is 25.1 Å². The van der Waals surface area contributed by atoms with Gasteiger partial charge in [-0.3, -0.25) is 0 Å². The zero-order chi connectivity index (χ0) is 13.2. The monoisotopic (exact) mass is 319 g/mol. The molecule has 0 saturated carbocycles. The van der Waals surface area contributed by atoms with Crippen molar-refractivity contribution in [3.8, 4) is 0 Å². The van der Waals surface area contributed by atoms with Gasteiger partial charge in [0.05, 0.1) is 4.47 Å². The topological polar surface area (TPSA) is 12.0 Å². The lowest BCUT2D eigenvalue weighted by molar-refractivity contribution is 0.535. The van der Waals surface area contributed by atoms with Crippen molar-refractivity contribution in [2.45, 2.75) is 18.9 Å². The summed E-state index contributed by atoms with van der Waals surface area (Å²) in [5, 5.41) is 3.45. The molecule has 0 radical (unpaired) electrons. The highest BCUT2D eigenvalue weighted by atomic mass is 79.9. The quantitative estimate of drug-likeness (QED) is 0.897. The standard InChI is InChI=1S/C16H15BrFN/c17-15-7-11(5-6-16(15)18)9-19-10-13-8-12-3-1-2-4-14(12)13/h1-7,13,19H,8-10H2. The molecule has 2 aromatic carbocycles. The molecule has 1 unspecified atom stereocenters. The molecule has 3 rings (SSSR count). The van der Waals surface area contributed by atoms with Gasteiger partial charge in [0.25, 0.3) is 0 Å². The summed E-state index contributed by atoms with van der Waals surface area (Å²) in [6.45, 7) is 1.75. The van der Waals surface area contributed by atoms with Gasteiger partial charge in [-0.1, -0.05) is 30.3 Å². The first-order valence-corrected chi connectivity index (χ1v) is 7.26. The fourth-order valence-electron chi connectivity index (χ4n) is 2.59. The van der Waals surface area contributed by atoms with Crippen LogP contribution in [0.3, 0.4) is 0 Å². The van der Waals surface area contributed by atoms with E-state index in [9.17, 15) is 4.39 Å². The summed E-state index contributed by atoms with van der Waals surface area (Å²) >= 11 is 3.21. The van der Waals surface area contributed by atoms with Crippen molar-refractivity contribution in [2.75, 3.05) is 6.54 Å². The third-order valence-corrected chi connectivity index (χ3v) is 4.27. The largest absolute Gasteiger partial charge is 0.312 e. The average molecular weight is 320 g/mol. The minimum atomic E-state index is -0.211. The molecule has 1 aliphatic rings. The normalized spacial score (nSPS) is 16.8. The molecule has 98 valence electrons. The smallest absolute Gasteiger partial charge is 0.137 e. The number of benzene rings is 2. The van der Waals surface area contributed by atoms with Crippen LogP contribution in [0.1, 0.15) is 22.6 Å². The van der Waals surface area contributed by atoms with Gasteiger partial charge < -0.3 is 5.32 Å². The molecule has 0 aliphatic heterocycles. The average Bonchev–Trinajstić information content (AvgIpc) is 2.39. The van der Waals surface area contributed by atoms with Crippen LogP contribution >= 0.6 is 15.9 Å². The van der Waals surface area contributed by atoms with Crippen molar-refractivity contribution in [1.29, 1.82) is 0 Å². The van der Waals surface area contributed by atoms with Crippen LogP contribution in [-0.4, -0.2) is 6.54 Å². The first-order chi connectivity index (χ1) is 9.24. The minimum Gasteiger partial charge on any atom is -0.312 e. The molecular formula is C16H15BrFN. The van der Waals surface area contributed by atoms with Crippen molar-refractivity contribution in [3.63, 3.8) is 0 Å². The second-order valence-electron chi connectivity index (χ2n) is 4.98. The van der Waals surface area contributed by atoms with E-state index in [2.05, 4.69) is 45.5 Å². The van der Waals surface area contributed by atoms with Gasteiger partial charge in [0.15, 0.2) is 0 Å². The van der Waals surface area contributed by atoms with E-state index in [4.69, 9.17) is 0 Å². The Morgan fingerprint density at radius 2 is 2.05 bits per heavy atom. The van der Waals surface area contributed by atoms with E-state index in [0.29, 0.717) is 10.4 Å². The third kappa shape index (κ3) is 2.72. The summed E-state index contributed by atoms with van der Waals surface area (Å²) in [5.41, 5.74) is 4.04. The Balaban J connectivity index is 1.53. The fraction of sp³-hybridized carbons (Fsp3) is 0.250. The van der Waals surface area contributed by atoms with E-state index in [1.54, 1.807) is 0 Å². The summed E-state index contributed by atoms with van der Waals surface area (Å²) in [5.74, 6) is 0.414. The summed E-state index contributed by atoms with van der Waals surface area (Å²) in [6, 6.07) is 13.8. The predicted octanol–water partition coefficient (Wildman–Crippen LogP) is 4.02. The van der Waals surface area contributed by atoms with E-state index in [1.165, 1.54) is 17.2 Å². The summed E-state index contributed by atoms with van der Waals surface area (Å²) < 4.78 is 13.6. The number of rotatable bonds is 4. The molecule has 0 bridgehead atoms. The highest BCUT2D eigenvalue weighted by Crippen LogP contribution is 2.34. The SMILES string of the molecule is Fc1ccc(CNCC2Cc3ccccc32)cc1Br. The Labute approximate surface area is 121 Å². The highest BCUT2D eigenvalue weighted by Gasteiger charge is 2.24. The fourth-order valence-corrected chi connectivity index (χ4v) is 3.01. The zero-order valence-electron chi connectivity index (χ0n) is 10.5. The van der Waals surface area contributed by atoms with Crippen molar-refractivity contribution in [2.24, 2.45) is 0 Å². The summed E-state index contributed by atoms with van der Waals surface area (Å²) in [7, 11) is 0. The van der Waals surface area contributed by atoms with Crippen LogP contribution in [0.4, 0.5) is 4.39 Å². The molecule has 0 heterocycles. The minimum absolute atomic E-state index is 0.211. The van der Waals surface area contributed by atoms with Gasteiger partial charge in [-0.05, 0) is 51.2 Å². The summed E-state index contributed by atoms with van der Waals surface area (Å²) in [6.07, 6.45) is 1.16. The van der Waals surface area contributed by atoms with Crippen LogP contribution in [0.2, 0.25) is 0 Å². The molecule has 2 aromatic rings. The van der Waals surface area contributed by atoms with Crippen LogP contribution in [0.5, 0.6) is 0 Å². The first kappa shape index (κ1) is 12.8. The molecule has 0 fully saturated rings. The van der Waals surface area contributed by atoms with Crippen molar-refractivity contribution >= 4 is 15.9 Å². The maximum absolute atomic E-state index is 13.1. The predicted molar refractivity (Wildman–Crippen MR) is 78.7 cm³/mol. The van der Waals surface area contributed by atoms with Gasteiger partial charge in [0, 0.05) is 19.0 Å². The Hall–Kier alpha value is -1.19. The molecule has 0 aromatic heterocycles. The van der Waals surface area contributed by atoms with Crippen LogP contribution in [0, 0.1) is 5.82 Å². The molecule has 19 heavy (non-hydrogen) atoms. The third-order valence-electron chi connectivity index (χ3n) is 3.67. The Morgan fingerprint density at radius 3 is 2.84 bits per heavy atom. The van der Waals surface area contributed by atoms with E-state index >= 15 is 0 Å². The Bertz CT molecular complexity index is 597. The van der Waals surface area contributed by atoms with Gasteiger partial charge in [-0.25, -0.2) is 4.39 Å². The van der Waals surface area contributed by atoms with Crippen LogP contribution < -0.4 is 5.32 Å². The molecular weight excluding hydrogens is 305 g/mol. The second kappa shape index (κ2) is 5.43. The van der Waals surface area contributed by atoms with Crippen molar-refractivity contribution < 1.29 is 4.39 Å². The molecule has 3 heteroatoms. The van der Waals surface area contributed by atoms with Gasteiger partial charge in [-0.15, -0.1) is 0 Å². The molecule has 0 amide bonds. The van der Waals surface area contributed by atoms with Crippen LogP contribution in [0.15, 0.2) is 46.9 Å². The van der Waals surface area contributed by atoms with Gasteiger partial charge >= 0.3 is 0 Å². The number of fused-ring (bicyclic) bond motifs is 1. The van der Waals surface area contributed by atoms with Crippen LogP contribution in [-0.2, 0) is 13.0 Å². The highest BCUT2D eigenvalue weighted by molar-refractivity contribution is 9.10. The number of hydrogen-bond donors (Lipinski definition) is 1. The van der Waals surface area contributed by atoms with Gasteiger partial charge in [0.2, 0.25) is 0 Å². The van der Waals surface area contributed by atoms with E-state index in [1.807, 2.05) is 12.1 Å². The molecule has 1 N–H and O–H groups in total. The lowest BCUT2D eigenvalue weighted by Gasteiger charge is -2.30. The number of nitrogens with one attached hydrogen (secondary N) is 1. The molecule has 1 atom stereocenters. The van der Waals surface area contributed by atoms with Crippen LogP contribution in [0.25, 0.3) is 0 Å². The van der Waals surface area contributed by atoms with Gasteiger partial charge in [-0.2, -0.15) is 0 Å². The Kier molecular flexibility index (Phi) is 3.67. The second-order valence-corrected chi connectivity index (χ2v) is 5.83. The number of hydrogen-bond acceptors (Lipinski definition) is 1.